The van der Waals surface area contributed by atoms with Crippen LogP contribution in [0.2, 0.25) is 0 Å². The van der Waals surface area contributed by atoms with Gasteiger partial charge in [0.2, 0.25) is 11.6 Å². The number of anilines is 1. The molecule has 0 fully saturated rings. The van der Waals surface area contributed by atoms with Gasteiger partial charge in [0, 0.05) is 19.3 Å². The summed E-state index contributed by atoms with van der Waals surface area (Å²) in [7, 11) is -7.46. The second-order valence-corrected chi connectivity index (χ2v) is 12.4. The van der Waals surface area contributed by atoms with E-state index in [4.69, 9.17) is 9.15 Å². The maximum Gasteiger partial charge on any atom is 0.446 e. The molecule has 0 aliphatic rings. The van der Waals surface area contributed by atoms with Crippen LogP contribution in [-0.2, 0) is 19.9 Å². The number of hydrogen-bond donors (Lipinski definition) is 2. The lowest BCUT2D eigenvalue weighted by Gasteiger charge is -2.09. The summed E-state index contributed by atoms with van der Waals surface area (Å²) >= 11 is 3.06. The molecule has 4 aromatic rings. The summed E-state index contributed by atoms with van der Waals surface area (Å²) in [5.74, 6) is -1.39. The highest BCUT2D eigenvalue weighted by molar-refractivity contribution is 9.10. The first-order valence-corrected chi connectivity index (χ1v) is 14.5. The molecule has 37 heavy (non-hydrogen) atoms. The lowest BCUT2D eigenvalue weighted by molar-refractivity contribution is 0.309. The van der Waals surface area contributed by atoms with E-state index in [9.17, 15) is 21.8 Å². The Morgan fingerprint density at radius 2 is 1.81 bits per heavy atom. The normalized spacial score (nSPS) is 13.3. The minimum absolute atomic E-state index is 0.00504. The highest BCUT2D eigenvalue weighted by Gasteiger charge is 2.23. The van der Waals surface area contributed by atoms with E-state index in [0.717, 1.165) is 22.5 Å². The van der Waals surface area contributed by atoms with E-state index in [1.165, 1.54) is 24.3 Å². The minimum Gasteiger partial charge on any atom is -0.364 e. The van der Waals surface area contributed by atoms with Gasteiger partial charge >= 0.3 is 5.76 Å². The summed E-state index contributed by atoms with van der Waals surface area (Å²) in [5.41, 5.74) is 1.12. The first-order chi connectivity index (χ1) is 17.5. The molecule has 0 aliphatic heterocycles. The maximum atomic E-state index is 13.6. The average Bonchev–Trinajstić information content (AvgIpc) is 3.44. The van der Waals surface area contributed by atoms with E-state index < -0.39 is 31.5 Å². The van der Waals surface area contributed by atoms with Crippen molar-refractivity contribution in [2.24, 2.45) is 3.77 Å². The molecule has 0 radical (unpaired) electrons. The van der Waals surface area contributed by atoms with Crippen LogP contribution in [0.4, 0.5) is 10.2 Å². The van der Waals surface area contributed by atoms with E-state index in [1.807, 2.05) is 6.92 Å². The van der Waals surface area contributed by atoms with Gasteiger partial charge in [-0.15, -0.1) is 0 Å². The zero-order valence-electron chi connectivity index (χ0n) is 19.2. The van der Waals surface area contributed by atoms with Gasteiger partial charge in [-0.2, -0.15) is 8.42 Å². The molecule has 17 heteroatoms. The molecule has 1 atom stereocenters. The van der Waals surface area contributed by atoms with Gasteiger partial charge in [-0.25, -0.2) is 27.3 Å². The Kier molecular flexibility index (Phi) is 7.58. The fourth-order valence-electron chi connectivity index (χ4n) is 3.09. The number of benzene rings is 2. The first-order valence-electron chi connectivity index (χ1n) is 10.4. The van der Waals surface area contributed by atoms with Crippen molar-refractivity contribution in [1.29, 1.82) is 0 Å². The Hall–Kier alpha value is -3.41. The lowest BCUT2D eigenvalue weighted by Crippen LogP contribution is -2.28. The third kappa shape index (κ3) is 6.12. The number of halogens is 2. The van der Waals surface area contributed by atoms with Crippen molar-refractivity contribution in [3.63, 3.8) is 0 Å². The molecule has 0 amide bonds. The zero-order chi connectivity index (χ0) is 26.8. The van der Waals surface area contributed by atoms with Gasteiger partial charge < -0.3 is 5.32 Å². The molecular formula is C20H19BrFN7O6S2. The van der Waals surface area contributed by atoms with Crippen LogP contribution < -0.4 is 15.8 Å². The molecule has 196 valence electrons. The molecule has 4 rings (SSSR count). The number of aryl methyl sites for hydroxylation is 1. The van der Waals surface area contributed by atoms with Crippen molar-refractivity contribution in [2.75, 3.05) is 24.7 Å². The number of nitrogens with zero attached hydrogens (tertiary/aromatic N) is 5. The van der Waals surface area contributed by atoms with Crippen molar-refractivity contribution in [3.8, 4) is 17.2 Å². The molecule has 2 heterocycles. The topological polar surface area (TPSA) is 175 Å². The molecule has 0 saturated heterocycles. The smallest absolute Gasteiger partial charge is 0.364 e. The molecule has 1 unspecified atom stereocenters. The van der Waals surface area contributed by atoms with Gasteiger partial charge in [-0.05, 0) is 63.5 Å². The Balaban J connectivity index is 1.47. The fourth-order valence-corrected chi connectivity index (χ4v) is 6.47. The van der Waals surface area contributed by atoms with Gasteiger partial charge in [0.05, 0.1) is 15.1 Å². The minimum atomic E-state index is -4.14. The van der Waals surface area contributed by atoms with E-state index in [0.29, 0.717) is 0 Å². The van der Waals surface area contributed by atoms with Crippen molar-refractivity contribution in [1.82, 2.24) is 24.8 Å². The molecule has 2 N–H and O–H groups in total. The van der Waals surface area contributed by atoms with Gasteiger partial charge in [0.1, 0.15) is 15.7 Å². The van der Waals surface area contributed by atoms with Crippen LogP contribution in [0, 0.1) is 12.7 Å². The Morgan fingerprint density at radius 1 is 1.08 bits per heavy atom. The molecule has 0 aliphatic carbocycles. The van der Waals surface area contributed by atoms with Crippen molar-refractivity contribution >= 4 is 41.7 Å². The predicted octanol–water partition coefficient (Wildman–Crippen LogP) is 2.49. The number of rotatable bonds is 9. The third-order valence-electron chi connectivity index (χ3n) is 4.81. The van der Waals surface area contributed by atoms with Crippen LogP contribution in [0.15, 0.2) is 69.5 Å². The molecule has 0 spiro atoms. The molecule has 13 nitrogen and oxygen atoms in total. The van der Waals surface area contributed by atoms with Gasteiger partial charge in [0.15, 0.2) is 5.69 Å². The monoisotopic (exact) mass is 615 g/mol. The lowest BCUT2D eigenvalue weighted by atomic mass is 10.2. The van der Waals surface area contributed by atoms with Crippen LogP contribution in [0.3, 0.4) is 0 Å². The van der Waals surface area contributed by atoms with E-state index in [-0.39, 0.29) is 45.5 Å². The van der Waals surface area contributed by atoms with Crippen LogP contribution in [0.5, 0.6) is 0 Å². The summed E-state index contributed by atoms with van der Waals surface area (Å²) in [4.78, 5) is 12.2. The summed E-state index contributed by atoms with van der Waals surface area (Å²) in [6.45, 7) is 1.89. The highest BCUT2D eigenvalue weighted by Crippen LogP contribution is 2.26. The average molecular weight is 616 g/mol. The first kappa shape index (κ1) is 26.6. The molecule has 0 bridgehead atoms. The van der Waals surface area contributed by atoms with Crippen LogP contribution in [0.1, 0.15) is 5.56 Å². The van der Waals surface area contributed by atoms with Crippen molar-refractivity contribution in [2.45, 2.75) is 11.8 Å². The summed E-state index contributed by atoms with van der Waals surface area (Å²) in [6, 6.07) is 9.86. The SMILES string of the molecule is Cc1ccc(S(=O)(=O)N=S(C)(=O)NCCNc2nonc2-c2noc(=O)n2-c2ccc(F)c(Br)c2)cc1. The number of nitrogens with one attached hydrogen (secondary N) is 2. The quantitative estimate of drug-likeness (QED) is 0.266. The number of aromatic nitrogens is 4. The molecular weight excluding hydrogens is 597 g/mol. The fraction of sp³-hybridized carbons (Fsp3) is 0.200. The van der Waals surface area contributed by atoms with E-state index >= 15 is 0 Å². The van der Waals surface area contributed by atoms with E-state index in [1.54, 1.807) is 12.1 Å². The Labute approximate surface area is 218 Å². The van der Waals surface area contributed by atoms with Crippen molar-refractivity contribution < 1.29 is 26.2 Å². The highest BCUT2D eigenvalue weighted by atomic mass is 79.9. The summed E-state index contributed by atoms with van der Waals surface area (Å²) in [6.07, 6.45) is 1.16. The maximum absolute atomic E-state index is 13.6. The second-order valence-electron chi connectivity index (χ2n) is 7.65. The third-order valence-corrected chi connectivity index (χ3v) is 8.95. The van der Waals surface area contributed by atoms with Crippen LogP contribution in [0.25, 0.3) is 17.2 Å². The van der Waals surface area contributed by atoms with Gasteiger partial charge in [-0.1, -0.05) is 26.6 Å². The molecule has 0 saturated carbocycles. The molecule has 2 aromatic carbocycles. The van der Waals surface area contributed by atoms with Gasteiger partial charge in [-0.3, -0.25) is 4.52 Å². The Morgan fingerprint density at radius 3 is 2.51 bits per heavy atom. The molecule has 2 aromatic heterocycles. The largest absolute Gasteiger partial charge is 0.446 e. The predicted molar refractivity (Wildman–Crippen MR) is 134 cm³/mol. The summed E-state index contributed by atoms with van der Waals surface area (Å²) in [5, 5.41) is 14.0. The standard InChI is InChI=1S/C20H19BrFN7O6S2/c1-12-3-6-14(7-4-12)37(32,33)28-36(2,31)24-10-9-23-18-17(25-35-26-18)19-27-34-20(30)29(19)13-5-8-16(22)15(21)11-13/h3-8,11H,9-10H2,1-2H3,(H,23,26)(H,24,28,31). The van der Waals surface area contributed by atoms with Gasteiger partial charge in [0.25, 0.3) is 10.0 Å². The zero-order valence-corrected chi connectivity index (χ0v) is 22.4. The van der Waals surface area contributed by atoms with Crippen LogP contribution >= 0.6 is 15.9 Å². The second kappa shape index (κ2) is 10.5. The van der Waals surface area contributed by atoms with Crippen LogP contribution in [-0.4, -0.2) is 52.0 Å². The van der Waals surface area contributed by atoms with E-state index in [2.05, 4.69) is 45.2 Å². The number of hydrogen-bond acceptors (Lipinski definition) is 10. The van der Waals surface area contributed by atoms with Crippen molar-refractivity contribution in [3.05, 3.63) is 68.9 Å². The number of sulfonamides is 1. The summed E-state index contributed by atoms with van der Waals surface area (Å²) < 4.78 is 68.1. The Bertz CT molecular complexity index is 1720.